The lowest BCUT2D eigenvalue weighted by molar-refractivity contribution is 0.0649. The highest BCUT2D eigenvalue weighted by atomic mass is 19.1. The average molecular weight is 495 g/mol. The number of pyridine rings is 2. The summed E-state index contributed by atoms with van der Waals surface area (Å²) in [4.78, 5) is 21.1. The number of carbonyl (C=O) groups excluding carboxylic acids is 1. The quantitative estimate of drug-likeness (QED) is 0.427. The molecule has 0 bridgehead atoms. The zero-order chi connectivity index (χ0) is 26.0. The van der Waals surface area contributed by atoms with Crippen LogP contribution < -0.4 is 11.1 Å². The Morgan fingerprint density at radius 1 is 1.11 bits per heavy atom. The van der Waals surface area contributed by atoms with Crippen molar-refractivity contribution in [3.05, 3.63) is 96.2 Å². The predicted octanol–water partition coefficient (Wildman–Crippen LogP) is 4.82. The topological polar surface area (TPSA) is 101 Å². The van der Waals surface area contributed by atoms with E-state index in [4.69, 9.17) is 5.73 Å². The molecule has 186 valence electrons. The van der Waals surface area contributed by atoms with Crippen molar-refractivity contribution < 1.29 is 23.1 Å². The highest BCUT2D eigenvalue weighted by Gasteiger charge is 2.35. The largest absolute Gasteiger partial charge is 0.391 e. The van der Waals surface area contributed by atoms with Crippen LogP contribution in [0.1, 0.15) is 40.4 Å². The van der Waals surface area contributed by atoms with E-state index in [0.29, 0.717) is 18.5 Å². The third-order valence-electron chi connectivity index (χ3n) is 6.49. The van der Waals surface area contributed by atoms with Crippen molar-refractivity contribution in [1.29, 1.82) is 0 Å². The number of aliphatic hydroxyl groups excluding tert-OH is 1. The number of hydrogen-bond donors (Lipinski definition) is 3. The van der Waals surface area contributed by atoms with Crippen LogP contribution in [0.15, 0.2) is 62.0 Å². The second kappa shape index (κ2) is 10.4. The summed E-state index contributed by atoms with van der Waals surface area (Å²) in [6.07, 6.45) is 6.23. The van der Waals surface area contributed by atoms with Gasteiger partial charge in [0.05, 0.1) is 23.6 Å². The van der Waals surface area contributed by atoms with Gasteiger partial charge in [-0.05, 0) is 54.7 Å². The summed E-state index contributed by atoms with van der Waals surface area (Å²) in [5, 5.41) is 13.0. The van der Waals surface area contributed by atoms with E-state index in [1.807, 2.05) is 0 Å². The van der Waals surface area contributed by atoms with E-state index in [2.05, 4.69) is 28.4 Å². The fourth-order valence-electron chi connectivity index (χ4n) is 4.58. The van der Waals surface area contributed by atoms with Gasteiger partial charge < -0.3 is 16.2 Å². The van der Waals surface area contributed by atoms with Crippen LogP contribution in [-0.4, -0.2) is 33.1 Å². The molecule has 0 saturated heterocycles. The molecule has 6 nitrogen and oxygen atoms in total. The first-order valence-corrected chi connectivity index (χ1v) is 11.3. The number of anilines is 1. The lowest BCUT2D eigenvalue weighted by atomic mass is 9.74. The molecule has 1 aromatic carbocycles. The predicted molar refractivity (Wildman–Crippen MR) is 131 cm³/mol. The smallest absolute Gasteiger partial charge is 0.274 e. The average Bonchev–Trinajstić information content (AvgIpc) is 2.87. The van der Waals surface area contributed by atoms with Gasteiger partial charge in [0.15, 0.2) is 0 Å². The normalized spacial score (nSPS) is 21.6. The minimum absolute atomic E-state index is 0.0314. The summed E-state index contributed by atoms with van der Waals surface area (Å²) in [6, 6.07) is 5.48. The van der Waals surface area contributed by atoms with Gasteiger partial charge in [-0.2, -0.15) is 0 Å². The molecule has 1 aliphatic carbocycles. The number of aliphatic hydroxyl groups is 1. The molecule has 2 aromatic heterocycles. The maximum atomic E-state index is 14.8. The maximum absolute atomic E-state index is 14.8. The van der Waals surface area contributed by atoms with Gasteiger partial charge in [-0.3, -0.25) is 9.78 Å². The Balaban J connectivity index is 1.66. The minimum Gasteiger partial charge on any atom is -0.391 e. The number of nitrogens with zero attached hydrogens (tertiary/aromatic N) is 2. The van der Waals surface area contributed by atoms with Crippen LogP contribution in [-0.2, 0) is 0 Å². The first-order chi connectivity index (χ1) is 17.2. The highest BCUT2D eigenvalue weighted by molar-refractivity contribution is 6.03. The number of nitrogens with two attached hydrogens (primary N) is 1. The summed E-state index contributed by atoms with van der Waals surface area (Å²) in [5.41, 5.74) is 5.68. The zero-order valence-corrected chi connectivity index (χ0v) is 19.3. The molecule has 1 amide bonds. The van der Waals surface area contributed by atoms with Gasteiger partial charge in [-0.25, -0.2) is 18.2 Å². The standard InChI is InChI=1S/C27H25F3N4O2/c1-3-14-5-6-18(28)23(24(14)30)25-19(29)7-8-21(33-25)27(36)34-22-13-32-10-9-17(22)16-11-15(4-2)26(35)20(31)12-16/h3-10,13,15-16,20,26,35H,1-2,11-12,31H2,(H,34,36)/t15-,16+,20+,26-/m0/s1. The zero-order valence-electron chi connectivity index (χ0n) is 19.3. The van der Waals surface area contributed by atoms with Gasteiger partial charge in [0.1, 0.15) is 28.8 Å². The highest BCUT2D eigenvalue weighted by Crippen LogP contribution is 2.39. The molecule has 36 heavy (non-hydrogen) atoms. The first-order valence-electron chi connectivity index (χ1n) is 11.3. The van der Waals surface area contributed by atoms with E-state index in [1.165, 1.54) is 18.3 Å². The number of benzene rings is 1. The van der Waals surface area contributed by atoms with Gasteiger partial charge >= 0.3 is 0 Å². The van der Waals surface area contributed by atoms with Crippen LogP contribution in [0.4, 0.5) is 18.9 Å². The molecule has 3 aromatic rings. The first kappa shape index (κ1) is 25.3. The van der Waals surface area contributed by atoms with Gasteiger partial charge in [0, 0.05) is 23.7 Å². The van der Waals surface area contributed by atoms with Crippen molar-refractivity contribution in [1.82, 2.24) is 9.97 Å². The van der Waals surface area contributed by atoms with E-state index in [0.717, 1.165) is 23.8 Å². The number of rotatable bonds is 6. The fourth-order valence-corrected chi connectivity index (χ4v) is 4.58. The number of amides is 1. The second-order valence-corrected chi connectivity index (χ2v) is 8.70. The Morgan fingerprint density at radius 3 is 2.58 bits per heavy atom. The summed E-state index contributed by atoms with van der Waals surface area (Å²) >= 11 is 0. The Bertz CT molecular complexity index is 1330. The van der Waals surface area contributed by atoms with E-state index in [9.17, 15) is 23.1 Å². The summed E-state index contributed by atoms with van der Waals surface area (Å²) in [7, 11) is 0. The van der Waals surface area contributed by atoms with Crippen molar-refractivity contribution in [2.24, 2.45) is 11.7 Å². The fraction of sp³-hybridized carbons (Fsp3) is 0.222. The molecule has 0 unspecified atom stereocenters. The molecule has 0 aliphatic heterocycles. The number of hydrogen-bond acceptors (Lipinski definition) is 5. The van der Waals surface area contributed by atoms with Crippen molar-refractivity contribution in [2.45, 2.75) is 30.9 Å². The lowest BCUT2D eigenvalue weighted by Crippen LogP contribution is -2.45. The van der Waals surface area contributed by atoms with Crippen molar-refractivity contribution in [3.63, 3.8) is 0 Å². The molecule has 1 fully saturated rings. The van der Waals surface area contributed by atoms with Crippen LogP contribution in [0.3, 0.4) is 0 Å². The van der Waals surface area contributed by atoms with Crippen LogP contribution in [0.5, 0.6) is 0 Å². The summed E-state index contributed by atoms with van der Waals surface area (Å²) < 4.78 is 43.8. The van der Waals surface area contributed by atoms with E-state index in [1.54, 1.807) is 18.3 Å². The molecule has 9 heteroatoms. The molecule has 1 saturated carbocycles. The third-order valence-corrected chi connectivity index (χ3v) is 6.49. The Hall–Kier alpha value is -3.82. The molecule has 0 radical (unpaired) electrons. The van der Waals surface area contributed by atoms with Crippen LogP contribution in [0.2, 0.25) is 0 Å². The van der Waals surface area contributed by atoms with Crippen molar-refractivity contribution >= 4 is 17.7 Å². The molecule has 4 atom stereocenters. The summed E-state index contributed by atoms with van der Waals surface area (Å²) in [5.74, 6) is -4.07. The Labute approximate surface area is 206 Å². The Morgan fingerprint density at radius 2 is 1.86 bits per heavy atom. The maximum Gasteiger partial charge on any atom is 0.274 e. The van der Waals surface area contributed by atoms with Crippen molar-refractivity contribution in [3.8, 4) is 11.3 Å². The molecule has 2 heterocycles. The SMILES string of the molecule is C=Cc1ccc(F)c(-c2nc(C(=O)Nc3cnccc3[C@H]3C[C@@H](N)[C@@H](O)[C@@H](C=C)C3)ccc2F)c1F. The molecule has 0 spiro atoms. The molecule has 4 rings (SSSR count). The molecular weight excluding hydrogens is 469 g/mol. The minimum atomic E-state index is -1.03. The van der Waals surface area contributed by atoms with E-state index >= 15 is 0 Å². The number of nitrogens with one attached hydrogen (secondary N) is 1. The molecular formula is C27H25F3N4O2. The monoisotopic (exact) mass is 494 g/mol. The summed E-state index contributed by atoms with van der Waals surface area (Å²) in [6.45, 7) is 7.24. The van der Waals surface area contributed by atoms with Crippen LogP contribution in [0, 0.1) is 23.4 Å². The van der Waals surface area contributed by atoms with Crippen LogP contribution >= 0.6 is 0 Å². The van der Waals surface area contributed by atoms with Gasteiger partial charge in [0.2, 0.25) is 0 Å². The molecule has 1 aliphatic rings. The second-order valence-electron chi connectivity index (χ2n) is 8.70. The van der Waals surface area contributed by atoms with Gasteiger partial charge in [0.25, 0.3) is 5.91 Å². The van der Waals surface area contributed by atoms with Gasteiger partial charge in [-0.1, -0.05) is 18.7 Å². The van der Waals surface area contributed by atoms with E-state index < -0.39 is 46.8 Å². The third kappa shape index (κ3) is 4.80. The number of halogens is 3. The van der Waals surface area contributed by atoms with E-state index in [-0.39, 0.29) is 23.1 Å². The molecule has 4 N–H and O–H groups in total. The Kier molecular flexibility index (Phi) is 7.32. The van der Waals surface area contributed by atoms with Crippen LogP contribution in [0.25, 0.3) is 17.3 Å². The number of aromatic nitrogens is 2. The lowest BCUT2D eigenvalue weighted by Gasteiger charge is -2.37. The van der Waals surface area contributed by atoms with Gasteiger partial charge in [-0.15, -0.1) is 6.58 Å². The number of carbonyl (C=O) groups is 1. The van der Waals surface area contributed by atoms with Crippen molar-refractivity contribution in [2.75, 3.05) is 5.32 Å².